The molecule has 3 atom stereocenters. The smallest absolute Gasteiger partial charge is 0.0783 e. The highest BCUT2D eigenvalue weighted by molar-refractivity contribution is 7.99. The molecule has 2 saturated heterocycles. The Balaban J connectivity index is 1.79. The van der Waals surface area contributed by atoms with Crippen LogP contribution in [0.25, 0.3) is 0 Å². The molecule has 1 aromatic rings. The Kier molecular flexibility index (Phi) is 4.38. The largest absolute Gasteiger partial charge is 0.374 e. The van der Waals surface area contributed by atoms with Crippen LogP contribution in [0.5, 0.6) is 0 Å². The van der Waals surface area contributed by atoms with E-state index < -0.39 is 0 Å². The summed E-state index contributed by atoms with van der Waals surface area (Å²) in [6.07, 6.45) is 5.46. The molecule has 4 nitrogen and oxygen atoms in total. The minimum Gasteiger partial charge on any atom is -0.374 e. The van der Waals surface area contributed by atoms with E-state index in [9.17, 15) is 0 Å². The van der Waals surface area contributed by atoms with E-state index in [1.807, 2.05) is 29.7 Å². The lowest BCUT2D eigenvalue weighted by atomic mass is 9.80. The maximum absolute atomic E-state index is 6.16. The molecule has 3 unspecified atom stereocenters. The molecular weight excluding hydrogens is 270 g/mol. The van der Waals surface area contributed by atoms with Gasteiger partial charge in [0.25, 0.3) is 0 Å². The van der Waals surface area contributed by atoms with Crippen molar-refractivity contribution < 1.29 is 4.74 Å². The van der Waals surface area contributed by atoms with Crippen molar-refractivity contribution in [3.8, 4) is 0 Å². The fourth-order valence-electron chi connectivity index (χ4n) is 3.64. The van der Waals surface area contributed by atoms with Crippen molar-refractivity contribution in [3.63, 3.8) is 0 Å². The Morgan fingerprint density at radius 1 is 1.65 bits per heavy atom. The fourth-order valence-corrected chi connectivity index (χ4v) is 5.01. The molecule has 3 rings (SSSR count). The maximum atomic E-state index is 6.16. The van der Waals surface area contributed by atoms with Crippen molar-refractivity contribution in [1.29, 1.82) is 0 Å². The lowest BCUT2D eigenvalue weighted by Gasteiger charge is -2.41. The molecule has 5 heteroatoms. The molecule has 1 spiro atoms. The predicted octanol–water partition coefficient (Wildman–Crippen LogP) is 2.37. The van der Waals surface area contributed by atoms with Crippen LogP contribution in [0.3, 0.4) is 0 Å². The molecule has 112 valence electrons. The van der Waals surface area contributed by atoms with E-state index in [0.29, 0.717) is 12.0 Å². The van der Waals surface area contributed by atoms with Gasteiger partial charge in [-0.3, -0.25) is 4.68 Å². The molecule has 0 aliphatic carbocycles. The van der Waals surface area contributed by atoms with E-state index in [1.54, 1.807) is 0 Å². The third kappa shape index (κ3) is 2.76. The van der Waals surface area contributed by atoms with Crippen LogP contribution in [0.15, 0.2) is 12.3 Å². The van der Waals surface area contributed by atoms with Gasteiger partial charge >= 0.3 is 0 Å². The number of thioether (sulfide) groups is 1. The number of aryl methyl sites for hydroxylation is 1. The van der Waals surface area contributed by atoms with Crippen molar-refractivity contribution in [1.82, 2.24) is 15.1 Å². The Morgan fingerprint density at radius 2 is 2.55 bits per heavy atom. The van der Waals surface area contributed by atoms with E-state index in [4.69, 9.17) is 4.74 Å². The summed E-state index contributed by atoms with van der Waals surface area (Å²) in [6.45, 7) is 4.09. The maximum Gasteiger partial charge on any atom is 0.0783 e. The quantitative estimate of drug-likeness (QED) is 0.925. The average molecular weight is 295 g/mol. The number of hydrogen-bond acceptors (Lipinski definition) is 4. The first kappa shape index (κ1) is 14.4. The van der Waals surface area contributed by atoms with Gasteiger partial charge in [-0.25, -0.2) is 0 Å². The van der Waals surface area contributed by atoms with Gasteiger partial charge in [-0.15, -0.1) is 0 Å². The summed E-state index contributed by atoms with van der Waals surface area (Å²) in [4.78, 5) is 0. The zero-order valence-corrected chi connectivity index (χ0v) is 13.3. The first-order chi connectivity index (χ1) is 9.74. The van der Waals surface area contributed by atoms with Crippen LogP contribution in [0.2, 0.25) is 0 Å². The number of rotatable bonds is 4. The normalized spacial score (nSPS) is 31.8. The van der Waals surface area contributed by atoms with Crippen LogP contribution in [-0.2, 0) is 11.8 Å². The summed E-state index contributed by atoms with van der Waals surface area (Å²) >= 11 is 2.04. The Bertz CT molecular complexity index is 442. The van der Waals surface area contributed by atoms with Crippen molar-refractivity contribution in [2.45, 2.75) is 37.8 Å². The molecule has 1 aromatic heterocycles. The third-order valence-corrected chi connectivity index (χ3v) is 5.89. The third-order valence-electron chi connectivity index (χ3n) is 4.67. The summed E-state index contributed by atoms with van der Waals surface area (Å²) in [7, 11) is 2.04. The van der Waals surface area contributed by atoms with Crippen LogP contribution in [0, 0.1) is 5.92 Å². The van der Waals surface area contributed by atoms with Crippen molar-refractivity contribution in [3.05, 3.63) is 18.0 Å². The fraction of sp³-hybridized carbons (Fsp3) is 0.800. The summed E-state index contributed by atoms with van der Waals surface area (Å²) in [5.41, 5.74) is 1.46. The van der Waals surface area contributed by atoms with Gasteiger partial charge in [0, 0.05) is 25.6 Å². The Hall–Kier alpha value is -0.520. The highest BCUT2D eigenvalue weighted by Gasteiger charge is 2.43. The van der Waals surface area contributed by atoms with Crippen molar-refractivity contribution in [2.75, 3.05) is 24.7 Å². The van der Waals surface area contributed by atoms with Crippen molar-refractivity contribution in [2.24, 2.45) is 13.0 Å². The van der Waals surface area contributed by atoms with Crippen LogP contribution < -0.4 is 5.32 Å². The van der Waals surface area contributed by atoms with Gasteiger partial charge in [0.05, 0.1) is 17.3 Å². The van der Waals surface area contributed by atoms with Crippen LogP contribution in [-0.4, -0.2) is 40.0 Å². The standard InChI is InChI=1S/C15H25N3OS/c1-3-16-14(13-4-7-17-18(13)2)12-5-8-19-15(10-12)6-9-20-11-15/h4,7,12,14,16H,3,5-6,8-11H2,1-2H3. The lowest BCUT2D eigenvalue weighted by Crippen LogP contribution is -2.44. The van der Waals surface area contributed by atoms with E-state index in [1.165, 1.54) is 30.0 Å². The average Bonchev–Trinajstić information content (AvgIpc) is 3.06. The van der Waals surface area contributed by atoms with Gasteiger partial charge in [-0.2, -0.15) is 16.9 Å². The summed E-state index contributed by atoms with van der Waals surface area (Å²) in [6, 6.07) is 2.55. The van der Waals surface area contributed by atoms with Gasteiger partial charge in [0.1, 0.15) is 0 Å². The van der Waals surface area contributed by atoms with Crippen LogP contribution in [0.4, 0.5) is 0 Å². The SMILES string of the molecule is CCNC(c1ccnn1C)C1CCOC2(CCSC2)C1. The van der Waals surface area contributed by atoms with Gasteiger partial charge in [0.15, 0.2) is 0 Å². The van der Waals surface area contributed by atoms with Crippen LogP contribution >= 0.6 is 11.8 Å². The highest BCUT2D eigenvalue weighted by Crippen LogP contribution is 2.43. The molecule has 0 aromatic carbocycles. The highest BCUT2D eigenvalue weighted by atomic mass is 32.2. The molecular formula is C15H25N3OS. The molecule has 0 saturated carbocycles. The van der Waals surface area contributed by atoms with E-state index in [2.05, 4.69) is 23.4 Å². The second-order valence-electron chi connectivity index (χ2n) is 6.00. The molecule has 1 N–H and O–H groups in total. The minimum atomic E-state index is 0.153. The van der Waals surface area contributed by atoms with Crippen molar-refractivity contribution >= 4 is 11.8 Å². The lowest BCUT2D eigenvalue weighted by molar-refractivity contribution is -0.0857. The van der Waals surface area contributed by atoms with Crippen LogP contribution in [0.1, 0.15) is 37.9 Å². The second kappa shape index (κ2) is 6.08. The summed E-state index contributed by atoms with van der Waals surface area (Å²) in [5.74, 6) is 3.08. The van der Waals surface area contributed by atoms with Gasteiger partial charge in [-0.1, -0.05) is 6.92 Å². The number of ether oxygens (including phenoxy) is 1. The molecule has 2 fully saturated rings. The molecule has 0 bridgehead atoms. The molecule has 0 amide bonds. The van der Waals surface area contributed by atoms with Gasteiger partial charge in [0.2, 0.25) is 0 Å². The predicted molar refractivity (Wildman–Crippen MR) is 83.0 cm³/mol. The monoisotopic (exact) mass is 295 g/mol. The Morgan fingerprint density at radius 3 is 3.20 bits per heavy atom. The number of aromatic nitrogens is 2. The van der Waals surface area contributed by atoms with E-state index in [0.717, 1.165) is 19.6 Å². The molecule has 2 aliphatic rings. The first-order valence-electron chi connectivity index (χ1n) is 7.67. The topological polar surface area (TPSA) is 39.1 Å². The number of nitrogens with one attached hydrogen (secondary N) is 1. The minimum absolute atomic E-state index is 0.153. The zero-order chi connectivity index (χ0) is 14.0. The zero-order valence-electron chi connectivity index (χ0n) is 12.5. The van der Waals surface area contributed by atoms with Gasteiger partial charge in [-0.05, 0) is 43.5 Å². The van der Waals surface area contributed by atoms with Gasteiger partial charge < -0.3 is 10.1 Å². The summed E-state index contributed by atoms with van der Waals surface area (Å²) < 4.78 is 8.17. The second-order valence-corrected chi connectivity index (χ2v) is 7.11. The number of nitrogens with zero attached hydrogens (tertiary/aromatic N) is 2. The van der Waals surface area contributed by atoms with E-state index in [-0.39, 0.29) is 5.60 Å². The molecule has 2 aliphatic heterocycles. The first-order valence-corrected chi connectivity index (χ1v) is 8.82. The Labute approximate surface area is 125 Å². The molecule has 0 radical (unpaired) electrons. The number of hydrogen-bond donors (Lipinski definition) is 1. The van der Waals surface area contributed by atoms with E-state index >= 15 is 0 Å². The molecule has 20 heavy (non-hydrogen) atoms. The summed E-state index contributed by atoms with van der Waals surface area (Å²) in [5, 5.41) is 8.02. The molecule has 3 heterocycles.